The maximum atomic E-state index is 13.2. The lowest BCUT2D eigenvalue weighted by atomic mass is 10.1. The highest BCUT2D eigenvalue weighted by molar-refractivity contribution is 9.10. The SMILES string of the molecule is Cc1cccc(SCC(O)Cc2cc(F)ccc2Br)c1. The second-order valence-electron chi connectivity index (χ2n) is 4.72. The van der Waals surface area contributed by atoms with Crippen molar-refractivity contribution in [3.05, 3.63) is 63.9 Å². The maximum absolute atomic E-state index is 13.2. The average Bonchev–Trinajstić information content (AvgIpc) is 2.41. The smallest absolute Gasteiger partial charge is 0.123 e. The number of thioether (sulfide) groups is 1. The largest absolute Gasteiger partial charge is 0.392 e. The quantitative estimate of drug-likeness (QED) is 0.792. The van der Waals surface area contributed by atoms with Gasteiger partial charge >= 0.3 is 0 Å². The molecule has 0 aliphatic rings. The second kappa shape index (κ2) is 7.25. The van der Waals surface area contributed by atoms with Gasteiger partial charge in [-0.05, 0) is 42.8 Å². The van der Waals surface area contributed by atoms with Crippen molar-refractivity contribution in [1.82, 2.24) is 0 Å². The average molecular weight is 355 g/mol. The number of halogens is 2. The molecule has 4 heteroatoms. The minimum atomic E-state index is -0.501. The highest BCUT2D eigenvalue weighted by Gasteiger charge is 2.10. The van der Waals surface area contributed by atoms with E-state index in [9.17, 15) is 9.50 Å². The Hall–Kier alpha value is -0.840. The number of hydrogen-bond acceptors (Lipinski definition) is 2. The Balaban J connectivity index is 1.92. The van der Waals surface area contributed by atoms with Gasteiger partial charge in [0, 0.05) is 21.5 Å². The van der Waals surface area contributed by atoms with Crippen LogP contribution in [-0.2, 0) is 6.42 Å². The number of benzene rings is 2. The predicted molar refractivity (Wildman–Crippen MR) is 85.7 cm³/mol. The van der Waals surface area contributed by atoms with Gasteiger partial charge < -0.3 is 5.11 Å². The summed E-state index contributed by atoms with van der Waals surface area (Å²) in [6.07, 6.45) is -0.0597. The number of rotatable bonds is 5. The molecule has 20 heavy (non-hydrogen) atoms. The van der Waals surface area contributed by atoms with Crippen molar-refractivity contribution in [1.29, 1.82) is 0 Å². The molecule has 0 aliphatic carbocycles. The molecule has 0 bridgehead atoms. The van der Waals surface area contributed by atoms with E-state index in [2.05, 4.69) is 22.0 Å². The van der Waals surface area contributed by atoms with Crippen molar-refractivity contribution in [3.63, 3.8) is 0 Å². The Labute approximate surface area is 131 Å². The summed E-state index contributed by atoms with van der Waals surface area (Å²) in [7, 11) is 0. The summed E-state index contributed by atoms with van der Waals surface area (Å²) in [5.41, 5.74) is 2.00. The van der Waals surface area contributed by atoms with Crippen molar-refractivity contribution in [3.8, 4) is 0 Å². The zero-order valence-electron chi connectivity index (χ0n) is 11.1. The molecule has 0 fully saturated rings. The lowest BCUT2D eigenvalue weighted by Gasteiger charge is -2.12. The van der Waals surface area contributed by atoms with E-state index in [1.165, 1.54) is 17.7 Å². The van der Waals surface area contributed by atoms with E-state index in [1.807, 2.05) is 25.1 Å². The fourth-order valence-corrected chi connectivity index (χ4v) is 3.27. The highest BCUT2D eigenvalue weighted by Crippen LogP contribution is 2.23. The van der Waals surface area contributed by atoms with Crippen LogP contribution in [0.15, 0.2) is 51.8 Å². The molecule has 2 aromatic carbocycles. The molecular formula is C16H16BrFOS. The summed E-state index contributed by atoms with van der Waals surface area (Å²) in [5.74, 6) is 0.314. The van der Waals surface area contributed by atoms with Crippen LogP contribution in [0.25, 0.3) is 0 Å². The first kappa shape index (κ1) is 15.5. The minimum Gasteiger partial charge on any atom is -0.392 e. The molecule has 0 saturated carbocycles. The molecule has 0 saturated heterocycles. The van der Waals surface area contributed by atoms with E-state index >= 15 is 0 Å². The summed E-state index contributed by atoms with van der Waals surface area (Å²) >= 11 is 4.99. The Morgan fingerprint density at radius 1 is 1.25 bits per heavy atom. The van der Waals surface area contributed by atoms with Gasteiger partial charge in [-0.1, -0.05) is 33.6 Å². The number of aliphatic hydroxyl groups excluding tert-OH is 1. The number of aliphatic hydroxyl groups is 1. The van der Waals surface area contributed by atoms with E-state index in [-0.39, 0.29) is 5.82 Å². The second-order valence-corrected chi connectivity index (χ2v) is 6.67. The third-order valence-corrected chi connectivity index (χ3v) is 4.81. The third-order valence-electron chi connectivity index (χ3n) is 2.90. The van der Waals surface area contributed by atoms with Gasteiger partial charge in [0.1, 0.15) is 5.82 Å². The molecule has 0 aromatic heterocycles. The van der Waals surface area contributed by atoms with Gasteiger partial charge in [0.25, 0.3) is 0 Å². The molecule has 1 N–H and O–H groups in total. The van der Waals surface area contributed by atoms with Crippen molar-refractivity contribution >= 4 is 27.7 Å². The normalized spacial score (nSPS) is 12.4. The summed E-state index contributed by atoms with van der Waals surface area (Å²) in [5, 5.41) is 10.1. The molecule has 2 rings (SSSR count). The van der Waals surface area contributed by atoms with Crippen LogP contribution in [-0.4, -0.2) is 17.0 Å². The Kier molecular flexibility index (Phi) is 5.64. The Bertz CT molecular complexity index is 588. The lowest BCUT2D eigenvalue weighted by molar-refractivity contribution is 0.200. The van der Waals surface area contributed by atoms with Crippen LogP contribution in [0.3, 0.4) is 0 Å². The molecule has 106 valence electrons. The summed E-state index contributed by atoms with van der Waals surface area (Å²) in [4.78, 5) is 1.14. The third kappa shape index (κ3) is 4.62. The Morgan fingerprint density at radius 3 is 2.80 bits per heavy atom. The van der Waals surface area contributed by atoms with Gasteiger partial charge in [-0.3, -0.25) is 0 Å². The predicted octanol–water partition coefficient (Wildman–Crippen LogP) is 4.59. The van der Waals surface area contributed by atoms with E-state index in [0.717, 1.165) is 14.9 Å². The Morgan fingerprint density at radius 2 is 2.05 bits per heavy atom. The van der Waals surface area contributed by atoms with E-state index < -0.39 is 6.10 Å². The van der Waals surface area contributed by atoms with Crippen LogP contribution in [0.1, 0.15) is 11.1 Å². The van der Waals surface area contributed by atoms with Gasteiger partial charge in [0.05, 0.1) is 6.10 Å². The highest BCUT2D eigenvalue weighted by atomic mass is 79.9. The first-order valence-corrected chi connectivity index (χ1v) is 8.14. The maximum Gasteiger partial charge on any atom is 0.123 e. The van der Waals surface area contributed by atoms with Gasteiger partial charge in [0.2, 0.25) is 0 Å². The van der Waals surface area contributed by atoms with Crippen molar-refractivity contribution in [2.24, 2.45) is 0 Å². The van der Waals surface area contributed by atoms with Gasteiger partial charge in [-0.25, -0.2) is 4.39 Å². The number of hydrogen-bond donors (Lipinski definition) is 1. The molecule has 0 spiro atoms. The van der Waals surface area contributed by atoms with Crippen LogP contribution in [0.5, 0.6) is 0 Å². The molecule has 0 amide bonds. The van der Waals surface area contributed by atoms with E-state index in [1.54, 1.807) is 17.8 Å². The topological polar surface area (TPSA) is 20.2 Å². The zero-order chi connectivity index (χ0) is 14.5. The molecular weight excluding hydrogens is 339 g/mol. The lowest BCUT2D eigenvalue weighted by Crippen LogP contribution is -2.14. The first-order valence-electron chi connectivity index (χ1n) is 6.36. The van der Waals surface area contributed by atoms with Crippen molar-refractivity contribution in [2.45, 2.75) is 24.3 Å². The van der Waals surface area contributed by atoms with Crippen molar-refractivity contribution in [2.75, 3.05) is 5.75 Å². The monoisotopic (exact) mass is 354 g/mol. The summed E-state index contributed by atoms with van der Waals surface area (Å²) in [6, 6.07) is 12.7. The first-order chi connectivity index (χ1) is 9.54. The van der Waals surface area contributed by atoms with E-state index in [0.29, 0.717) is 12.2 Å². The van der Waals surface area contributed by atoms with Crippen LogP contribution in [0.4, 0.5) is 4.39 Å². The molecule has 1 unspecified atom stereocenters. The minimum absolute atomic E-state index is 0.276. The molecule has 0 aliphatic heterocycles. The van der Waals surface area contributed by atoms with Crippen LogP contribution in [0.2, 0.25) is 0 Å². The van der Waals surface area contributed by atoms with Crippen LogP contribution < -0.4 is 0 Å². The molecule has 0 radical (unpaired) electrons. The van der Waals surface area contributed by atoms with E-state index in [4.69, 9.17) is 0 Å². The van der Waals surface area contributed by atoms with Crippen LogP contribution >= 0.6 is 27.7 Å². The van der Waals surface area contributed by atoms with Gasteiger partial charge in [0.15, 0.2) is 0 Å². The molecule has 1 nitrogen and oxygen atoms in total. The fraction of sp³-hybridized carbons (Fsp3) is 0.250. The standard InChI is InChI=1S/C16H16BrFOS/c1-11-3-2-4-15(7-11)20-10-14(19)9-12-8-13(18)5-6-16(12)17/h2-8,14,19H,9-10H2,1H3. The molecule has 2 aromatic rings. The van der Waals surface area contributed by atoms with Gasteiger partial charge in [-0.15, -0.1) is 11.8 Å². The molecule has 0 heterocycles. The van der Waals surface area contributed by atoms with Crippen molar-refractivity contribution < 1.29 is 9.50 Å². The van der Waals surface area contributed by atoms with Gasteiger partial charge in [-0.2, -0.15) is 0 Å². The summed E-state index contributed by atoms with van der Waals surface area (Å²) in [6.45, 7) is 2.05. The van der Waals surface area contributed by atoms with Crippen LogP contribution in [0, 0.1) is 12.7 Å². The number of aryl methyl sites for hydroxylation is 1. The molecule has 1 atom stereocenters. The zero-order valence-corrected chi connectivity index (χ0v) is 13.5. The summed E-state index contributed by atoms with van der Waals surface area (Å²) < 4.78 is 14.0. The fourth-order valence-electron chi connectivity index (χ4n) is 1.91.